The maximum Gasteiger partial charge on any atom is 0.434 e. The molecule has 0 aliphatic heterocycles. The number of imidazole rings is 1. The fourth-order valence-corrected chi connectivity index (χ4v) is 4.36. The second-order valence-corrected chi connectivity index (χ2v) is 8.95. The minimum atomic E-state index is -4.49. The second kappa shape index (κ2) is 8.64. The van der Waals surface area contributed by atoms with Gasteiger partial charge in [-0.2, -0.15) is 13.2 Å². The van der Waals surface area contributed by atoms with Gasteiger partial charge in [0.05, 0.1) is 24.7 Å². The van der Waals surface area contributed by atoms with Gasteiger partial charge in [0.25, 0.3) is 0 Å². The van der Waals surface area contributed by atoms with Gasteiger partial charge >= 0.3 is 6.18 Å². The van der Waals surface area contributed by atoms with Crippen LogP contribution in [0.2, 0.25) is 0 Å². The lowest BCUT2D eigenvalue weighted by Crippen LogP contribution is -2.04. The lowest BCUT2D eigenvalue weighted by Gasteiger charge is -2.08. The number of nitrogens with zero attached hydrogens (tertiary/aromatic N) is 8. The normalized spacial score (nSPS) is 13.9. The van der Waals surface area contributed by atoms with E-state index in [1.54, 1.807) is 43.2 Å². The molecule has 1 fully saturated rings. The Hall–Kier alpha value is -4.35. The third-order valence-corrected chi connectivity index (χ3v) is 6.30. The highest BCUT2D eigenvalue weighted by atomic mass is 19.4. The van der Waals surface area contributed by atoms with Gasteiger partial charge in [-0.1, -0.05) is 24.3 Å². The van der Waals surface area contributed by atoms with Gasteiger partial charge in [0, 0.05) is 37.3 Å². The van der Waals surface area contributed by atoms with E-state index in [1.807, 2.05) is 12.1 Å². The van der Waals surface area contributed by atoms with Crippen molar-refractivity contribution in [1.82, 2.24) is 39.1 Å². The summed E-state index contributed by atoms with van der Waals surface area (Å²) >= 11 is 0. The largest absolute Gasteiger partial charge is 0.480 e. The van der Waals surface area contributed by atoms with E-state index in [1.165, 1.54) is 10.9 Å². The predicted octanol–water partition coefficient (Wildman–Crippen LogP) is 4.48. The number of ether oxygens (including phenoxy) is 1. The zero-order valence-corrected chi connectivity index (χ0v) is 19.9. The molecule has 188 valence electrons. The Kier molecular flexibility index (Phi) is 5.39. The maximum absolute atomic E-state index is 13.0. The summed E-state index contributed by atoms with van der Waals surface area (Å²) in [5.74, 6) is 1.50. The van der Waals surface area contributed by atoms with Gasteiger partial charge in [0.2, 0.25) is 5.88 Å². The summed E-state index contributed by atoms with van der Waals surface area (Å²) in [5, 5.41) is 4.75. The molecule has 4 heterocycles. The smallest absolute Gasteiger partial charge is 0.434 e. The number of alkyl halides is 3. The van der Waals surface area contributed by atoms with E-state index < -0.39 is 11.9 Å². The van der Waals surface area contributed by atoms with Crippen LogP contribution in [-0.4, -0.2) is 46.2 Å². The van der Waals surface area contributed by atoms with Crippen molar-refractivity contribution >= 4 is 5.65 Å². The monoisotopic (exact) mass is 506 g/mol. The maximum atomic E-state index is 13.0. The zero-order valence-electron chi connectivity index (χ0n) is 19.9. The Balaban J connectivity index is 1.32. The van der Waals surface area contributed by atoms with Crippen molar-refractivity contribution in [3.63, 3.8) is 0 Å². The minimum Gasteiger partial charge on any atom is -0.480 e. The first kappa shape index (κ1) is 23.1. The second-order valence-electron chi connectivity index (χ2n) is 8.95. The van der Waals surface area contributed by atoms with Crippen molar-refractivity contribution in [2.24, 2.45) is 7.05 Å². The molecule has 0 unspecified atom stereocenters. The molecule has 0 N–H and O–H groups in total. The molecule has 0 radical (unpaired) electrons. The van der Waals surface area contributed by atoms with Crippen LogP contribution in [0.3, 0.4) is 0 Å². The summed E-state index contributed by atoms with van der Waals surface area (Å²) in [6.07, 6.45) is 3.94. The van der Waals surface area contributed by atoms with Crippen LogP contribution in [0, 0.1) is 0 Å². The first-order valence-electron chi connectivity index (χ1n) is 11.6. The topological polar surface area (TPSA) is 95.9 Å². The van der Waals surface area contributed by atoms with E-state index >= 15 is 0 Å². The summed E-state index contributed by atoms with van der Waals surface area (Å²) in [6.45, 7) is 0. The molecule has 0 bridgehead atoms. The van der Waals surface area contributed by atoms with Crippen LogP contribution >= 0.6 is 0 Å². The average molecular weight is 506 g/mol. The third-order valence-electron chi connectivity index (χ3n) is 6.30. The Bertz CT molecular complexity index is 1600. The van der Waals surface area contributed by atoms with Gasteiger partial charge in [-0.3, -0.25) is 4.98 Å². The Labute approximate surface area is 209 Å². The SMILES string of the molecule is COc1ncnc(C2CC2)c1-c1nc2cncc(Cc3ccc(-c4nc(C(F)(F)F)cn4C)cc3)n2n1. The summed E-state index contributed by atoms with van der Waals surface area (Å²) in [6, 6.07) is 7.22. The Morgan fingerprint density at radius 2 is 1.84 bits per heavy atom. The van der Waals surface area contributed by atoms with Crippen LogP contribution in [0.4, 0.5) is 13.2 Å². The molecule has 1 saturated carbocycles. The highest BCUT2D eigenvalue weighted by Gasteiger charge is 2.34. The summed E-state index contributed by atoms with van der Waals surface area (Å²) in [4.78, 5) is 21.5. The first-order valence-corrected chi connectivity index (χ1v) is 11.6. The van der Waals surface area contributed by atoms with Crippen molar-refractivity contribution < 1.29 is 17.9 Å². The molecule has 0 saturated heterocycles. The molecule has 1 aliphatic rings. The van der Waals surface area contributed by atoms with Crippen LogP contribution in [0.5, 0.6) is 5.88 Å². The number of benzene rings is 1. The third kappa shape index (κ3) is 4.28. The van der Waals surface area contributed by atoms with Gasteiger partial charge in [0.1, 0.15) is 17.7 Å². The Morgan fingerprint density at radius 1 is 1.05 bits per heavy atom. The van der Waals surface area contributed by atoms with Gasteiger partial charge in [0.15, 0.2) is 17.2 Å². The number of methoxy groups -OCH3 is 1. The molecule has 5 aromatic rings. The van der Waals surface area contributed by atoms with E-state index in [0.29, 0.717) is 40.8 Å². The first-order chi connectivity index (χ1) is 17.8. The molecular formula is C25H21F3N8O. The molecule has 6 rings (SSSR count). The number of rotatable bonds is 6. The molecule has 4 aromatic heterocycles. The fraction of sp³-hybridized carbons (Fsp3) is 0.280. The molecule has 1 aromatic carbocycles. The van der Waals surface area contributed by atoms with Crippen LogP contribution < -0.4 is 4.74 Å². The highest BCUT2D eigenvalue weighted by Crippen LogP contribution is 2.44. The highest BCUT2D eigenvalue weighted by molar-refractivity contribution is 5.67. The Morgan fingerprint density at radius 3 is 2.51 bits per heavy atom. The number of hydrogen-bond donors (Lipinski definition) is 0. The lowest BCUT2D eigenvalue weighted by atomic mass is 10.1. The molecule has 9 nitrogen and oxygen atoms in total. The lowest BCUT2D eigenvalue weighted by molar-refractivity contribution is -0.140. The number of aryl methyl sites for hydroxylation is 1. The standard InChI is InChI=1S/C25H21F3N8O/c1-35-12-18(25(26,27)28)32-23(35)16-5-3-14(4-6-16)9-17-10-29-11-19-33-22(34-36(17)19)20-21(15-7-8-15)30-13-31-24(20)37-2/h3-6,10-13,15H,7-9H2,1-2H3. The van der Waals surface area contributed by atoms with E-state index in [0.717, 1.165) is 36.0 Å². The number of fused-ring (bicyclic) bond motifs is 1. The average Bonchev–Trinajstić information content (AvgIpc) is 3.51. The molecule has 37 heavy (non-hydrogen) atoms. The van der Waals surface area contributed by atoms with Gasteiger partial charge < -0.3 is 9.30 Å². The van der Waals surface area contributed by atoms with Crippen molar-refractivity contribution in [2.45, 2.75) is 31.4 Å². The van der Waals surface area contributed by atoms with Crippen LogP contribution in [0.15, 0.2) is 49.2 Å². The van der Waals surface area contributed by atoms with Gasteiger partial charge in [-0.15, -0.1) is 5.10 Å². The number of halogens is 3. The van der Waals surface area contributed by atoms with Crippen molar-refractivity contribution in [2.75, 3.05) is 7.11 Å². The van der Waals surface area contributed by atoms with E-state index in [4.69, 9.17) is 9.84 Å². The molecule has 12 heteroatoms. The minimum absolute atomic E-state index is 0.244. The van der Waals surface area contributed by atoms with Crippen LogP contribution in [0.1, 0.15) is 41.4 Å². The van der Waals surface area contributed by atoms with E-state index in [2.05, 4.69) is 24.9 Å². The molecule has 0 atom stereocenters. The summed E-state index contributed by atoms with van der Waals surface area (Å²) in [7, 11) is 3.10. The summed E-state index contributed by atoms with van der Waals surface area (Å²) in [5.41, 5.74) is 3.55. The van der Waals surface area contributed by atoms with E-state index in [-0.39, 0.29) is 5.82 Å². The van der Waals surface area contributed by atoms with Crippen molar-refractivity contribution in [3.05, 3.63) is 71.8 Å². The zero-order chi connectivity index (χ0) is 25.7. The molecule has 0 spiro atoms. The van der Waals surface area contributed by atoms with E-state index in [9.17, 15) is 13.2 Å². The van der Waals surface area contributed by atoms with Crippen molar-refractivity contribution in [1.29, 1.82) is 0 Å². The molecular weight excluding hydrogens is 485 g/mol. The quantitative estimate of drug-likeness (QED) is 0.335. The van der Waals surface area contributed by atoms with Crippen LogP contribution in [-0.2, 0) is 19.6 Å². The van der Waals surface area contributed by atoms with Gasteiger partial charge in [-0.25, -0.2) is 24.5 Å². The summed E-state index contributed by atoms with van der Waals surface area (Å²) < 4.78 is 47.7. The van der Waals surface area contributed by atoms with Gasteiger partial charge in [-0.05, 0) is 18.4 Å². The van der Waals surface area contributed by atoms with Crippen molar-refractivity contribution in [3.8, 4) is 28.7 Å². The number of hydrogen-bond acceptors (Lipinski definition) is 7. The molecule has 0 amide bonds. The predicted molar refractivity (Wildman–Crippen MR) is 127 cm³/mol. The molecule has 1 aliphatic carbocycles. The number of aromatic nitrogens is 8. The van der Waals surface area contributed by atoms with Crippen LogP contribution in [0.25, 0.3) is 28.4 Å². The fourth-order valence-electron chi connectivity index (χ4n) is 4.36.